The minimum absolute atomic E-state index is 0.0835. The van der Waals surface area contributed by atoms with Crippen molar-refractivity contribution < 1.29 is 9.90 Å². The van der Waals surface area contributed by atoms with Crippen molar-refractivity contribution in [2.75, 3.05) is 0 Å². The molecule has 32 heavy (non-hydrogen) atoms. The topological polar surface area (TPSA) is 37.3 Å². The Kier molecular flexibility index (Phi) is 21.6. The Morgan fingerprint density at radius 2 is 0.781 bits per heavy atom. The molecular formula is C30H56O2. The van der Waals surface area contributed by atoms with E-state index in [0.717, 1.165) is 25.7 Å². The van der Waals surface area contributed by atoms with Crippen LogP contribution in [0.25, 0.3) is 0 Å². The van der Waals surface area contributed by atoms with Crippen molar-refractivity contribution in [1.82, 2.24) is 0 Å². The second-order valence-electron chi connectivity index (χ2n) is 10.3. The Balaban J connectivity index is 2.16. The van der Waals surface area contributed by atoms with Gasteiger partial charge in [-0.05, 0) is 38.5 Å². The molecule has 0 aromatic heterocycles. The maximum absolute atomic E-state index is 12.1. The van der Waals surface area contributed by atoms with Gasteiger partial charge in [-0.25, -0.2) is 0 Å². The molecule has 0 fully saturated rings. The normalized spacial score (nSPS) is 25.2. The fraction of sp³-hybridized carbons (Fsp3) is 0.900. The molecule has 1 N–H and O–H groups in total. The Hall–Kier alpha value is -0.630. The third kappa shape index (κ3) is 20.0. The van der Waals surface area contributed by atoms with Crippen LogP contribution in [0.15, 0.2) is 12.2 Å². The van der Waals surface area contributed by atoms with Gasteiger partial charge in [0, 0.05) is 6.42 Å². The van der Waals surface area contributed by atoms with E-state index in [2.05, 4.69) is 12.2 Å². The monoisotopic (exact) mass is 448 g/mol. The van der Waals surface area contributed by atoms with Crippen LogP contribution in [-0.4, -0.2) is 17.0 Å². The van der Waals surface area contributed by atoms with E-state index in [1.165, 1.54) is 128 Å². The Morgan fingerprint density at radius 1 is 0.469 bits per heavy atom. The average molecular weight is 449 g/mol. The van der Waals surface area contributed by atoms with E-state index in [-0.39, 0.29) is 5.78 Å². The lowest BCUT2D eigenvalue weighted by atomic mass is 10.00. The molecule has 2 nitrogen and oxygen atoms in total. The maximum atomic E-state index is 12.1. The highest BCUT2D eigenvalue weighted by molar-refractivity contribution is 5.82. The van der Waals surface area contributed by atoms with E-state index in [4.69, 9.17) is 0 Å². The van der Waals surface area contributed by atoms with Gasteiger partial charge in [0.1, 0.15) is 6.10 Å². The second kappa shape index (κ2) is 23.5. The molecule has 1 aliphatic carbocycles. The minimum Gasteiger partial charge on any atom is -0.385 e. The summed E-state index contributed by atoms with van der Waals surface area (Å²) in [7, 11) is 0. The van der Waals surface area contributed by atoms with Gasteiger partial charge in [-0.2, -0.15) is 0 Å². The van der Waals surface area contributed by atoms with Crippen LogP contribution in [0.3, 0.4) is 0 Å². The van der Waals surface area contributed by atoms with E-state index in [0.29, 0.717) is 12.8 Å². The summed E-state index contributed by atoms with van der Waals surface area (Å²) >= 11 is 0. The largest absolute Gasteiger partial charge is 0.385 e. The number of hydrogen-bond donors (Lipinski definition) is 1. The summed E-state index contributed by atoms with van der Waals surface area (Å²) < 4.78 is 0. The first-order valence-electron chi connectivity index (χ1n) is 14.7. The predicted octanol–water partition coefficient (Wildman–Crippen LogP) is 9.63. The van der Waals surface area contributed by atoms with Crippen LogP contribution in [0, 0.1) is 0 Å². The summed E-state index contributed by atoms with van der Waals surface area (Å²) in [6, 6.07) is 0. The van der Waals surface area contributed by atoms with E-state index in [9.17, 15) is 9.90 Å². The number of aliphatic hydroxyl groups is 1. The summed E-state index contributed by atoms with van der Waals surface area (Å²) in [6.07, 6.45) is 36.7. The van der Waals surface area contributed by atoms with Crippen molar-refractivity contribution in [3.8, 4) is 0 Å². The third-order valence-corrected chi connectivity index (χ3v) is 7.18. The van der Waals surface area contributed by atoms with Gasteiger partial charge in [0.2, 0.25) is 0 Å². The quantitative estimate of drug-likeness (QED) is 0.374. The maximum Gasteiger partial charge on any atom is 0.161 e. The molecule has 1 rings (SSSR count). The van der Waals surface area contributed by atoms with Crippen LogP contribution < -0.4 is 0 Å². The van der Waals surface area contributed by atoms with Crippen molar-refractivity contribution in [3.63, 3.8) is 0 Å². The SMILES string of the molecule is O=C1CCCCCCCCCCCCCCC=CCCCCCCCCCCCCC1O. The van der Waals surface area contributed by atoms with Crippen molar-refractivity contribution in [2.24, 2.45) is 0 Å². The fourth-order valence-corrected chi connectivity index (χ4v) is 4.91. The highest BCUT2D eigenvalue weighted by atomic mass is 16.3. The number of allylic oxidation sites excluding steroid dienone is 2. The first-order valence-corrected chi connectivity index (χ1v) is 14.7. The molecule has 0 aliphatic heterocycles. The highest BCUT2D eigenvalue weighted by Gasteiger charge is 2.13. The molecule has 0 bridgehead atoms. The number of hydrogen-bond acceptors (Lipinski definition) is 2. The van der Waals surface area contributed by atoms with Gasteiger partial charge in [-0.15, -0.1) is 0 Å². The van der Waals surface area contributed by atoms with Crippen LogP contribution in [-0.2, 0) is 4.79 Å². The van der Waals surface area contributed by atoms with Crippen LogP contribution >= 0.6 is 0 Å². The van der Waals surface area contributed by atoms with E-state index < -0.39 is 6.10 Å². The zero-order valence-electron chi connectivity index (χ0n) is 21.5. The molecule has 0 saturated carbocycles. The Labute approximate surface area is 201 Å². The molecule has 0 radical (unpaired) electrons. The number of ketones is 1. The molecule has 0 aromatic carbocycles. The molecule has 1 atom stereocenters. The molecule has 0 heterocycles. The molecule has 2 heteroatoms. The van der Waals surface area contributed by atoms with Gasteiger partial charge in [0.15, 0.2) is 5.78 Å². The van der Waals surface area contributed by atoms with Gasteiger partial charge >= 0.3 is 0 Å². The van der Waals surface area contributed by atoms with Gasteiger partial charge < -0.3 is 5.11 Å². The van der Waals surface area contributed by atoms with Crippen LogP contribution in [0.1, 0.15) is 167 Å². The Morgan fingerprint density at radius 3 is 1.19 bits per heavy atom. The highest BCUT2D eigenvalue weighted by Crippen LogP contribution is 2.16. The van der Waals surface area contributed by atoms with Gasteiger partial charge in [0.05, 0.1) is 0 Å². The van der Waals surface area contributed by atoms with Gasteiger partial charge in [-0.3, -0.25) is 4.79 Å². The van der Waals surface area contributed by atoms with Gasteiger partial charge in [0.25, 0.3) is 0 Å². The number of aliphatic hydroxyl groups excluding tert-OH is 1. The fourth-order valence-electron chi connectivity index (χ4n) is 4.91. The van der Waals surface area contributed by atoms with Crippen LogP contribution in [0.5, 0.6) is 0 Å². The first-order chi connectivity index (χ1) is 15.8. The van der Waals surface area contributed by atoms with Crippen LogP contribution in [0.2, 0.25) is 0 Å². The first kappa shape index (κ1) is 29.4. The smallest absolute Gasteiger partial charge is 0.161 e. The van der Waals surface area contributed by atoms with Crippen molar-refractivity contribution in [2.45, 2.75) is 173 Å². The molecule has 0 amide bonds. The molecule has 1 unspecified atom stereocenters. The minimum atomic E-state index is -0.704. The summed E-state index contributed by atoms with van der Waals surface area (Å²) in [4.78, 5) is 12.1. The molecule has 0 spiro atoms. The van der Waals surface area contributed by atoms with Gasteiger partial charge in [-0.1, -0.05) is 134 Å². The zero-order chi connectivity index (χ0) is 23.0. The van der Waals surface area contributed by atoms with Crippen LogP contribution in [0.4, 0.5) is 0 Å². The van der Waals surface area contributed by atoms with E-state index >= 15 is 0 Å². The molecule has 188 valence electrons. The van der Waals surface area contributed by atoms with Crippen molar-refractivity contribution >= 4 is 5.78 Å². The number of carbonyl (C=O) groups excluding carboxylic acids is 1. The molecular weight excluding hydrogens is 392 g/mol. The lowest BCUT2D eigenvalue weighted by Crippen LogP contribution is -2.19. The third-order valence-electron chi connectivity index (χ3n) is 7.18. The number of rotatable bonds is 0. The van der Waals surface area contributed by atoms with E-state index in [1.807, 2.05) is 0 Å². The summed E-state index contributed by atoms with van der Waals surface area (Å²) in [5.41, 5.74) is 0. The number of Topliss-reactive ketones (excluding diaryl/α,β-unsaturated/α-hetero) is 1. The lowest BCUT2D eigenvalue weighted by molar-refractivity contribution is -0.127. The van der Waals surface area contributed by atoms with Crippen molar-refractivity contribution in [1.29, 1.82) is 0 Å². The second-order valence-corrected chi connectivity index (χ2v) is 10.3. The summed E-state index contributed by atoms with van der Waals surface area (Å²) in [5, 5.41) is 10.1. The average Bonchev–Trinajstić information content (AvgIpc) is 2.80. The predicted molar refractivity (Wildman–Crippen MR) is 140 cm³/mol. The number of carbonyl (C=O) groups is 1. The molecule has 0 aromatic rings. The summed E-state index contributed by atoms with van der Waals surface area (Å²) in [6.45, 7) is 0. The van der Waals surface area contributed by atoms with E-state index in [1.54, 1.807) is 0 Å². The zero-order valence-corrected chi connectivity index (χ0v) is 21.5. The van der Waals surface area contributed by atoms with Crippen molar-refractivity contribution in [3.05, 3.63) is 12.2 Å². The molecule has 1 aliphatic rings. The Bertz CT molecular complexity index is 429. The molecule has 0 saturated heterocycles. The summed E-state index contributed by atoms with van der Waals surface area (Å²) in [5.74, 6) is 0.0835. The standard InChI is InChI=1S/C30H56O2/c31-29-27-25-23-21-19-17-15-13-11-9-7-5-3-1-2-4-6-8-10-12-14-16-18-20-22-24-26-28-30(29)32/h1,3,29,31H,2,4-28H2. The lowest BCUT2D eigenvalue weighted by Gasteiger charge is -2.09.